The van der Waals surface area contributed by atoms with Gasteiger partial charge >= 0.3 is 0 Å². The predicted molar refractivity (Wildman–Crippen MR) is 65.4 cm³/mol. The van der Waals surface area contributed by atoms with Crippen LogP contribution in [0.1, 0.15) is 29.3 Å². The van der Waals surface area contributed by atoms with Crippen molar-refractivity contribution in [1.29, 1.82) is 0 Å². The second-order valence-corrected chi connectivity index (χ2v) is 4.72. The number of aliphatic hydroxyl groups is 1. The largest absolute Gasteiger partial charge is 0.508 e. The fraction of sp³-hybridized carbons (Fsp3) is 0.357. The topological polar surface area (TPSA) is 66.5 Å². The molecule has 1 atom stereocenters. The van der Waals surface area contributed by atoms with Crippen molar-refractivity contribution < 1.29 is 14.6 Å². The molecule has 0 fully saturated rings. The van der Waals surface area contributed by atoms with Crippen LogP contribution in [0.4, 0.5) is 0 Å². The molecule has 4 heteroatoms. The highest BCUT2D eigenvalue weighted by Gasteiger charge is 2.22. The minimum Gasteiger partial charge on any atom is -0.508 e. The maximum atomic E-state index is 9.57. The molecule has 0 radical (unpaired) electrons. The number of aromatic hydroxyl groups is 1. The summed E-state index contributed by atoms with van der Waals surface area (Å²) in [6.45, 7) is 0. The van der Waals surface area contributed by atoms with Crippen molar-refractivity contribution in [3.63, 3.8) is 0 Å². The Morgan fingerprint density at radius 2 is 2.28 bits per heavy atom. The second-order valence-electron chi connectivity index (χ2n) is 4.72. The molecule has 0 bridgehead atoms. The Bertz CT molecular complexity index is 562. The summed E-state index contributed by atoms with van der Waals surface area (Å²) in [5.74, 6) is 1.71. The lowest BCUT2D eigenvalue weighted by Crippen LogP contribution is -2.17. The van der Waals surface area contributed by atoms with E-state index in [-0.39, 0.29) is 11.9 Å². The first-order valence-electron chi connectivity index (χ1n) is 6.14. The van der Waals surface area contributed by atoms with E-state index in [9.17, 15) is 10.2 Å². The lowest BCUT2D eigenvalue weighted by Gasteiger charge is -2.13. The number of nitrogens with zero attached hydrogens (tertiary/aromatic N) is 1. The zero-order chi connectivity index (χ0) is 12.5. The third kappa shape index (κ3) is 2.24. The number of hydrogen-bond donors (Lipinski definition) is 2. The van der Waals surface area contributed by atoms with E-state index in [1.807, 2.05) is 6.07 Å². The van der Waals surface area contributed by atoms with Crippen molar-refractivity contribution in [2.45, 2.75) is 31.8 Å². The van der Waals surface area contributed by atoms with Gasteiger partial charge in [0.05, 0.1) is 11.8 Å². The summed E-state index contributed by atoms with van der Waals surface area (Å²) >= 11 is 0. The number of aliphatic hydroxyl groups excluding tert-OH is 1. The predicted octanol–water partition coefficient (Wildman–Crippen LogP) is 1.82. The molecular formula is C14H15NO3. The summed E-state index contributed by atoms with van der Waals surface area (Å²) in [5, 5.41) is 19.0. The van der Waals surface area contributed by atoms with Crippen LogP contribution in [0.25, 0.3) is 0 Å². The van der Waals surface area contributed by atoms with Crippen LogP contribution in [-0.2, 0) is 19.3 Å². The van der Waals surface area contributed by atoms with Gasteiger partial charge in [0.25, 0.3) is 0 Å². The molecule has 0 aliphatic heterocycles. The highest BCUT2D eigenvalue weighted by atomic mass is 16.4. The fourth-order valence-corrected chi connectivity index (χ4v) is 2.33. The molecule has 18 heavy (non-hydrogen) atoms. The molecule has 1 heterocycles. The Balaban J connectivity index is 1.82. The van der Waals surface area contributed by atoms with E-state index >= 15 is 0 Å². The molecule has 2 aromatic rings. The van der Waals surface area contributed by atoms with Crippen molar-refractivity contribution >= 4 is 0 Å². The molecule has 3 rings (SSSR count). The van der Waals surface area contributed by atoms with Gasteiger partial charge in [-0.3, -0.25) is 0 Å². The van der Waals surface area contributed by atoms with Crippen LogP contribution >= 0.6 is 0 Å². The van der Waals surface area contributed by atoms with Gasteiger partial charge in [-0.2, -0.15) is 0 Å². The van der Waals surface area contributed by atoms with Gasteiger partial charge in [-0.1, -0.05) is 12.1 Å². The molecule has 1 aromatic heterocycles. The Labute approximate surface area is 105 Å². The monoisotopic (exact) mass is 245 g/mol. The van der Waals surface area contributed by atoms with Gasteiger partial charge in [-0.15, -0.1) is 0 Å². The molecular weight excluding hydrogens is 230 g/mol. The molecule has 1 unspecified atom stereocenters. The van der Waals surface area contributed by atoms with Crippen LogP contribution in [0.5, 0.6) is 5.75 Å². The number of hydrogen-bond acceptors (Lipinski definition) is 4. The van der Waals surface area contributed by atoms with E-state index < -0.39 is 0 Å². The third-order valence-corrected chi connectivity index (χ3v) is 3.22. The van der Waals surface area contributed by atoms with Crippen molar-refractivity contribution in [2.75, 3.05) is 0 Å². The SMILES string of the molecule is Oc1cccc(Cc2nc3c(o2)CC(O)CC3)c1. The van der Waals surface area contributed by atoms with Crippen LogP contribution in [0.15, 0.2) is 28.7 Å². The third-order valence-electron chi connectivity index (χ3n) is 3.22. The minimum absolute atomic E-state index is 0.249. The highest BCUT2D eigenvalue weighted by molar-refractivity contribution is 5.29. The lowest BCUT2D eigenvalue weighted by atomic mass is 9.99. The molecule has 0 spiro atoms. The normalized spacial score (nSPS) is 18.6. The average Bonchev–Trinajstić information content (AvgIpc) is 2.70. The molecule has 2 N–H and O–H groups in total. The van der Waals surface area contributed by atoms with E-state index in [0.717, 1.165) is 29.9 Å². The quantitative estimate of drug-likeness (QED) is 0.847. The number of phenolic OH excluding ortho intramolecular Hbond substituents is 1. The number of aryl methyl sites for hydroxylation is 1. The number of phenols is 1. The van der Waals surface area contributed by atoms with Gasteiger partial charge in [0.15, 0.2) is 5.89 Å². The van der Waals surface area contributed by atoms with Gasteiger partial charge in [-0.25, -0.2) is 4.98 Å². The summed E-state index contributed by atoms with van der Waals surface area (Å²) in [6, 6.07) is 7.08. The zero-order valence-corrected chi connectivity index (χ0v) is 9.97. The summed E-state index contributed by atoms with van der Waals surface area (Å²) in [7, 11) is 0. The summed E-state index contributed by atoms with van der Waals surface area (Å²) < 4.78 is 5.67. The maximum Gasteiger partial charge on any atom is 0.199 e. The van der Waals surface area contributed by atoms with E-state index in [2.05, 4.69) is 4.98 Å². The Morgan fingerprint density at radius 1 is 1.39 bits per heavy atom. The summed E-state index contributed by atoms with van der Waals surface area (Å²) in [6.07, 6.45) is 2.35. The molecule has 94 valence electrons. The number of fused-ring (bicyclic) bond motifs is 1. The minimum atomic E-state index is -0.306. The first-order chi connectivity index (χ1) is 8.70. The molecule has 0 saturated carbocycles. The van der Waals surface area contributed by atoms with Gasteiger partial charge < -0.3 is 14.6 Å². The number of rotatable bonds is 2. The van der Waals surface area contributed by atoms with Crippen molar-refractivity contribution in [1.82, 2.24) is 4.98 Å². The Hall–Kier alpha value is -1.81. The Kier molecular flexibility index (Phi) is 2.80. The van der Waals surface area contributed by atoms with Crippen molar-refractivity contribution in [3.05, 3.63) is 47.2 Å². The highest BCUT2D eigenvalue weighted by Crippen LogP contribution is 2.23. The first-order valence-corrected chi connectivity index (χ1v) is 6.14. The molecule has 4 nitrogen and oxygen atoms in total. The smallest absolute Gasteiger partial charge is 0.199 e. The molecule has 0 amide bonds. The van der Waals surface area contributed by atoms with Crippen LogP contribution in [0.2, 0.25) is 0 Å². The molecule has 0 saturated heterocycles. The van der Waals surface area contributed by atoms with E-state index in [1.165, 1.54) is 0 Å². The first kappa shape index (κ1) is 11.3. The lowest BCUT2D eigenvalue weighted by molar-refractivity contribution is 0.149. The van der Waals surface area contributed by atoms with Crippen LogP contribution < -0.4 is 0 Å². The number of oxazole rings is 1. The van der Waals surface area contributed by atoms with E-state index in [1.54, 1.807) is 18.2 Å². The van der Waals surface area contributed by atoms with Crippen molar-refractivity contribution in [2.24, 2.45) is 0 Å². The molecule has 1 aliphatic rings. The van der Waals surface area contributed by atoms with Gasteiger partial charge in [0, 0.05) is 12.8 Å². The Morgan fingerprint density at radius 3 is 3.11 bits per heavy atom. The standard InChI is InChI=1S/C14H15NO3/c16-10-3-1-2-9(6-10)7-14-15-12-5-4-11(17)8-13(12)18-14/h1-3,6,11,16-17H,4-5,7-8H2. The summed E-state index contributed by atoms with van der Waals surface area (Å²) in [4.78, 5) is 4.45. The second kappa shape index (κ2) is 4.46. The van der Waals surface area contributed by atoms with Gasteiger partial charge in [0.1, 0.15) is 11.5 Å². The molecule has 1 aliphatic carbocycles. The van der Waals surface area contributed by atoms with Gasteiger partial charge in [0.2, 0.25) is 0 Å². The maximum absolute atomic E-state index is 9.57. The van der Waals surface area contributed by atoms with Crippen LogP contribution in [0.3, 0.4) is 0 Å². The van der Waals surface area contributed by atoms with Crippen LogP contribution in [-0.4, -0.2) is 21.3 Å². The fourth-order valence-electron chi connectivity index (χ4n) is 2.33. The van der Waals surface area contributed by atoms with Gasteiger partial charge in [-0.05, 0) is 30.5 Å². The van der Waals surface area contributed by atoms with Crippen molar-refractivity contribution in [3.8, 4) is 5.75 Å². The summed E-state index contributed by atoms with van der Waals surface area (Å²) in [5.41, 5.74) is 1.93. The van der Waals surface area contributed by atoms with E-state index in [0.29, 0.717) is 18.7 Å². The molecule has 1 aromatic carbocycles. The van der Waals surface area contributed by atoms with Crippen LogP contribution in [0, 0.1) is 0 Å². The van der Waals surface area contributed by atoms with E-state index in [4.69, 9.17) is 4.42 Å². The number of aromatic nitrogens is 1. The average molecular weight is 245 g/mol. The zero-order valence-electron chi connectivity index (χ0n) is 9.97. The number of benzene rings is 1.